The highest BCUT2D eigenvalue weighted by Gasteiger charge is 2.48. The number of thiophene rings is 1. The number of benzene rings is 1. The van der Waals surface area contributed by atoms with Crippen molar-refractivity contribution in [3.05, 3.63) is 57.4 Å². The van der Waals surface area contributed by atoms with Crippen molar-refractivity contribution in [2.75, 3.05) is 13.7 Å². The molecule has 172 valence electrons. The number of nitriles is 1. The molecular formula is C22H18F3N3O4S. The van der Waals surface area contributed by atoms with Crippen LogP contribution in [0.15, 0.2) is 46.2 Å². The average molecular weight is 477 g/mol. The van der Waals surface area contributed by atoms with Crippen LogP contribution in [-0.4, -0.2) is 31.8 Å². The topological polar surface area (TPSA) is 114 Å². The van der Waals surface area contributed by atoms with Gasteiger partial charge in [-0.15, -0.1) is 11.3 Å². The van der Waals surface area contributed by atoms with Crippen LogP contribution in [0.5, 0.6) is 0 Å². The number of carbonyl (C=O) groups is 2. The standard InChI is InChI=1S/C22H18F3N3O4S/c1-31-20(29)15-14(13-9-33-17-11(7-26)3-2-4-12(13)17)16(21(30)32-8-10-5-6-10)19(27)28-18(15)22(23,24)25/h2-4,9-10,14,28H,5-6,8,27H2,1H3. The van der Waals surface area contributed by atoms with Gasteiger partial charge in [0.05, 0.1) is 41.0 Å². The lowest BCUT2D eigenvalue weighted by atomic mass is 9.80. The highest BCUT2D eigenvalue weighted by atomic mass is 32.1. The second kappa shape index (κ2) is 8.44. The number of nitrogens with two attached hydrogens (primary N) is 1. The SMILES string of the molecule is COC(=O)C1=C(C(F)(F)F)NC(N)=C(C(=O)OCC2CC2)C1c1csc2c(C#N)cccc12. The zero-order valence-electron chi connectivity index (χ0n) is 17.3. The normalized spacial score (nSPS) is 18.7. The van der Waals surface area contributed by atoms with E-state index in [-0.39, 0.29) is 23.7 Å². The fourth-order valence-electron chi connectivity index (χ4n) is 3.75. The van der Waals surface area contributed by atoms with Crippen LogP contribution in [0.1, 0.15) is 29.9 Å². The molecule has 0 spiro atoms. The van der Waals surface area contributed by atoms with Gasteiger partial charge in [-0.05, 0) is 41.2 Å². The maximum Gasteiger partial charge on any atom is 0.431 e. The Bertz CT molecular complexity index is 1250. The first-order valence-electron chi connectivity index (χ1n) is 9.91. The van der Waals surface area contributed by atoms with Crippen molar-refractivity contribution >= 4 is 33.4 Å². The second-order valence-electron chi connectivity index (χ2n) is 7.69. The number of hydrogen-bond acceptors (Lipinski definition) is 8. The number of hydrogen-bond donors (Lipinski definition) is 2. The van der Waals surface area contributed by atoms with Crippen molar-refractivity contribution < 1.29 is 32.2 Å². The van der Waals surface area contributed by atoms with Crippen molar-refractivity contribution in [3.63, 3.8) is 0 Å². The third kappa shape index (κ3) is 4.14. The number of fused-ring (bicyclic) bond motifs is 1. The van der Waals surface area contributed by atoms with Gasteiger partial charge in [0.1, 0.15) is 17.6 Å². The molecule has 1 aromatic heterocycles. The highest BCUT2D eigenvalue weighted by Crippen LogP contribution is 2.46. The van der Waals surface area contributed by atoms with E-state index in [1.165, 1.54) is 5.38 Å². The van der Waals surface area contributed by atoms with Gasteiger partial charge in [-0.2, -0.15) is 18.4 Å². The number of nitrogens with one attached hydrogen (secondary N) is 1. The summed E-state index contributed by atoms with van der Waals surface area (Å²) in [5.74, 6) is -4.06. The Morgan fingerprint density at radius 1 is 1.27 bits per heavy atom. The summed E-state index contributed by atoms with van der Waals surface area (Å²) in [5.41, 5.74) is 3.92. The number of dihydropyridines is 1. The molecule has 0 bridgehead atoms. The van der Waals surface area contributed by atoms with E-state index in [4.69, 9.17) is 10.5 Å². The van der Waals surface area contributed by atoms with Crippen molar-refractivity contribution in [2.24, 2.45) is 11.7 Å². The summed E-state index contributed by atoms with van der Waals surface area (Å²) in [7, 11) is 0.951. The highest BCUT2D eigenvalue weighted by molar-refractivity contribution is 7.17. The van der Waals surface area contributed by atoms with Crippen LogP contribution in [0.25, 0.3) is 10.1 Å². The Labute approximate surface area is 190 Å². The molecule has 11 heteroatoms. The third-order valence-electron chi connectivity index (χ3n) is 5.51. The number of ether oxygens (including phenoxy) is 2. The molecule has 0 amide bonds. The molecule has 0 radical (unpaired) electrons. The largest absolute Gasteiger partial charge is 0.466 e. The molecule has 2 aliphatic rings. The molecule has 1 aromatic carbocycles. The zero-order valence-corrected chi connectivity index (χ0v) is 18.1. The maximum atomic E-state index is 13.9. The predicted octanol–water partition coefficient (Wildman–Crippen LogP) is 3.57. The molecule has 2 aromatic rings. The summed E-state index contributed by atoms with van der Waals surface area (Å²) in [6.45, 7) is 0.106. The first kappa shape index (κ1) is 22.7. The lowest BCUT2D eigenvalue weighted by Crippen LogP contribution is -2.41. The molecule has 7 nitrogen and oxygen atoms in total. The van der Waals surface area contributed by atoms with Crippen molar-refractivity contribution in [1.82, 2.24) is 5.32 Å². The van der Waals surface area contributed by atoms with E-state index >= 15 is 0 Å². The molecule has 1 aliphatic carbocycles. The average Bonchev–Trinajstić information content (AvgIpc) is 3.52. The van der Waals surface area contributed by atoms with Gasteiger partial charge < -0.3 is 20.5 Å². The molecule has 0 saturated heterocycles. The van der Waals surface area contributed by atoms with Crippen LogP contribution in [0.2, 0.25) is 0 Å². The number of carbonyl (C=O) groups excluding carboxylic acids is 2. The van der Waals surface area contributed by atoms with Gasteiger partial charge in [0.25, 0.3) is 0 Å². The van der Waals surface area contributed by atoms with Crippen molar-refractivity contribution in [1.29, 1.82) is 5.26 Å². The minimum Gasteiger partial charge on any atom is -0.466 e. The fraction of sp³-hybridized carbons (Fsp3) is 0.318. The third-order valence-corrected chi connectivity index (χ3v) is 6.56. The Balaban J connectivity index is 1.95. The smallest absolute Gasteiger partial charge is 0.431 e. The quantitative estimate of drug-likeness (QED) is 0.633. The van der Waals surface area contributed by atoms with Gasteiger partial charge in [-0.1, -0.05) is 12.1 Å². The molecule has 33 heavy (non-hydrogen) atoms. The molecule has 1 fully saturated rings. The Morgan fingerprint density at radius 3 is 2.61 bits per heavy atom. The molecular weight excluding hydrogens is 459 g/mol. The van der Waals surface area contributed by atoms with Gasteiger partial charge in [-0.25, -0.2) is 9.59 Å². The minimum atomic E-state index is -4.99. The van der Waals surface area contributed by atoms with Gasteiger partial charge in [0.2, 0.25) is 0 Å². The summed E-state index contributed by atoms with van der Waals surface area (Å²) < 4.78 is 52.3. The lowest BCUT2D eigenvalue weighted by Gasteiger charge is -2.31. The van der Waals surface area contributed by atoms with Crippen molar-refractivity contribution in [3.8, 4) is 6.07 Å². The summed E-state index contributed by atoms with van der Waals surface area (Å²) in [4.78, 5) is 25.7. The maximum absolute atomic E-state index is 13.9. The predicted molar refractivity (Wildman–Crippen MR) is 112 cm³/mol. The van der Waals surface area contributed by atoms with Crippen LogP contribution in [0, 0.1) is 17.2 Å². The van der Waals surface area contributed by atoms with E-state index in [1.54, 1.807) is 18.2 Å². The minimum absolute atomic E-state index is 0.106. The number of allylic oxidation sites excluding steroid dienone is 1. The first-order chi connectivity index (χ1) is 15.7. The number of rotatable bonds is 5. The lowest BCUT2D eigenvalue weighted by molar-refractivity contribution is -0.140. The molecule has 1 unspecified atom stereocenters. The van der Waals surface area contributed by atoms with E-state index in [1.807, 2.05) is 11.4 Å². The van der Waals surface area contributed by atoms with E-state index in [2.05, 4.69) is 4.74 Å². The second-order valence-corrected chi connectivity index (χ2v) is 8.57. The van der Waals surface area contributed by atoms with E-state index < -0.39 is 41.1 Å². The monoisotopic (exact) mass is 477 g/mol. The zero-order chi connectivity index (χ0) is 23.9. The van der Waals surface area contributed by atoms with E-state index in [0.29, 0.717) is 15.6 Å². The van der Waals surface area contributed by atoms with E-state index in [9.17, 15) is 28.0 Å². The van der Waals surface area contributed by atoms with E-state index in [0.717, 1.165) is 31.3 Å². The van der Waals surface area contributed by atoms with Crippen molar-refractivity contribution in [2.45, 2.75) is 24.9 Å². The van der Waals surface area contributed by atoms with Crippen LogP contribution < -0.4 is 11.1 Å². The summed E-state index contributed by atoms with van der Waals surface area (Å²) in [5, 5.41) is 13.3. The number of halogens is 3. The molecule has 4 rings (SSSR count). The first-order valence-corrected chi connectivity index (χ1v) is 10.8. The van der Waals surface area contributed by atoms with Gasteiger partial charge >= 0.3 is 18.1 Å². The van der Waals surface area contributed by atoms with Crippen LogP contribution in [0.3, 0.4) is 0 Å². The number of nitrogens with zero attached hydrogens (tertiary/aromatic N) is 1. The Morgan fingerprint density at radius 2 is 2.00 bits per heavy atom. The van der Waals surface area contributed by atoms with Crippen LogP contribution >= 0.6 is 11.3 Å². The van der Waals surface area contributed by atoms with Crippen LogP contribution in [-0.2, 0) is 19.1 Å². The number of esters is 2. The summed E-state index contributed by atoms with van der Waals surface area (Å²) in [6, 6.07) is 6.78. The van der Waals surface area contributed by atoms with Gasteiger partial charge in [-0.3, -0.25) is 0 Å². The number of alkyl halides is 3. The van der Waals surface area contributed by atoms with Gasteiger partial charge in [0.15, 0.2) is 0 Å². The Hall–Kier alpha value is -3.52. The van der Waals surface area contributed by atoms with Gasteiger partial charge in [0, 0.05) is 0 Å². The Kier molecular flexibility index (Phi) is 5.80. The fourth-order valence-corrected chi connectivity index (χ4v) is 4.81. The molecule has 2 heterocycles. The summed E-state index contributed by atoms with van der Waals surface area (Å²) >= 11 is 1.12. The van der Waals surface area contributed by atoms with Crippen LogP contribution in [0.4, 0.5) is 13.2 Å². The molecule has 1 aliphatic heterocycles. The number of methoxy groups -OCH3 is 1. The molecule has 1 atom stereocenters. The summed E-state index contributed by atoms with van der Waals surface area (Å²) in [6.07, 6.45) is -3.21. The molecule has 1 saturated carbocycles. The molecule has 3 N–H and O–H groups in total.